The SMILES string of the molecule is CC(C)c1cccc(CNC(=O)NC2CCC(C(=O)O)CC2)c1. The Kier molecular flexibility index (Phi) is 6.02. The van der Waals surface area contributed by atoms with Gasteiger partial charge in [0.15, 0.2) is 0 Å². The lowest BCUT2D eigenvalue weighted by Crippen LogP contribution is -2.43. The van der Waals surface area contributed by atoms with Gasteiger partial charge in [-0.2, -0.15) is 0 Å². The lowest BCUT2D eigenvalue weighted by molar-refractivity contribution is -0.142. The largest absolute Gasteiger partial charge is 0.481 e. The lowest BCUT2D eigenvalue weighted by Gasteiger charge is -2.26. The van der Waals surface area contributed by atoms with Gasteiger partial charge in [-0.3, -0.25) is 4.79 Å². The van der Waals surface area contributed by atoms with Crippen molar-refractivity contribution in [2.45, 2.75) is 58.0 Å². The lowest BCUT2D eigenvalue weighted by atomic mass is 9.86. The molecule has 0 saturated heterocycles. The van der Waals surface area contributed by atoms with Crippen LogP contribution in [0.5, 0.6) is 0 Å². The van der Waals surface area contributed by atoms with Crippen LogP contribution in [-0.2, 0) is 11.3 Å². The van der Waals surface area contributed by atoms with E-state index < -0.39 is 5.97 Å². The minimum absolute atomic E-state index is 0.0765. The molecule has 1 saturated carbocycles. The molecule has 23 heavy (non-hydrogen) atoms. The highest BCUT2D eigenvalue weighted by atomic mass is 16.4. The van der Waals surface area contributed by atoms with Crippen LogP contribution in [0, 0.1) is 5.92 Å². The minimum Gasteiger partial charge on any atom is -0.481 e. The first-order valence-corrected chi connectivity index (χ1v) is 8.31. The van der Waals surface area contributed by atoms with Crippen molar-refractivity contribution in [3.63, 3.8) is 0 Å². The molecule has 0 unspecified atom stereocenters. The fourth-order valence-corrected chi connectivity index (χ4v) is 2.97. The van der Waals surface area contributed by atoms with Gasteiger partial charge in [0, 0.05) is 12.6 Å². The molecular weight excluding hydrogens is 292 g/mol. The summed E-state index contributed by atoms with van der Waals surface area (Å²) in [5.41, 5.74) is 2.35. The molecule has 0 bridgehead atoms. The van der Waals surface area contributed by atoms with Gasteiger partial charge in [0.2, 0.25) is 0 Å². The van der Waals surface area contributed by atoms with Gasteiger partial charge < -0.3 is 15.7 Å². The minimum atomic E-state index is -0.724. The molecule has 0 spiro atoms. The number of carbonyl (C=O) groups is 2. The van der Waals surface area contributed by atoms with Crippen LogP contribution in [-0.4, -0.2) is 23.1 Å². The summed E-state index contributed by atoms with van der Waals surface area (Å²) < 4.78 is 0. The van der Waals surface area contributed by atoms with Crippen molar-refractivity contribution in [3.05, 3.63) is 35.4 Å². The Morgan fingerprint density at radius 1 is 1.22 bits per heavy atom. The number of hydrogen-bond donors (Lipinski definition) is 3. The number of hydrogen-bond acceptors (Lipinski definition) is 2. The first-order chi connectivity index (χ1) is 11.0. The van der Waals surface area contributed by atoms with Crippen molar-refractivity contribution in [1.82, 2.24) is 10.6 Å². The normalized spacial score (nSPS) is 21.0. The molecule has 126 valence electrons. The number of benzene rings is 1. The van der Waals surface area contributed by atoms with Crippen LogP contribution >= 0.6 is 0 Å². The fourth-order valence-electron chi connectivity index (χ4n) is 2.97. The number of aliphatic carboxylic acids is 1. The van der Waals surface area contributed by atoms with Crippen LogP contribution in [0.15, 0.2) is 24.3 Å². The van der Waals surface area contributed by atoms with E-state index in [0.717, 1.165) is 18.4 Å². The Labute approximate surface area is 137 Å². The van der Waals surface area contributed by atoms with E-state index in [2.05, 4.69) is 36.6 Å². The monoisotopic (exact) mass is 318 g/mol. The highest BCUT2D eigenvalue weighted by Gasteiger charge is 2.26. The van der Waals surface area contributed by atoms with Crippen molar-refractivity contribution in [1.29, 1.82) is 0 Å². The molecule has 5 nitrogen and oxygen atoms in total. The van der Waals surface area contributed by atoms with E-state index in [0.29, 0.717) is 25.3 Å². The standard InChI is InChI=1S/C18H26N2O3/c1-12(2)15-5-3-4-13(10-15)11-19-18(23)20-16-8-6-14(7-9-16)17(21)22/h3-5,10,12,14,16H,6-9,11H2,1-2H3,(H,21,22)(H2,19,20,23). The van der Waals surface area contributed by atoms with Crippen LogP contribution < -0.4 is 10.6 Å². The van der Waals surface area contributed by atoms with Crippen molar-refractivity contribution in [3.8, 4) is 0 Å². The number of carboxylic acid groups (broad SMARTS) is 1. The maximum atomic E-state index is 12.0. The van der Waals surface area contributed by atoms with Gasteiger partial charge in [0.25, 0.3) is 0 Å². The van der Waals surface area contributed by atoms with E-state index in [4.69, 9.17) is 5.11 Å². The van der Waals surface area contributed by atoms with Gasteiger partial charge in [-0.1, -0.05) is 38.1 Å². The zero-order valence-electron chi connectivity index (χ0n) is 13.8. The topological polar surface area (TPSA) is 78.4 Å². The highest BCUT2D eigenvalue weighted by Crippen LogP contribution is 2.24. The predicted molar refractivity (Wildman–Crippen MR) is 89.3 cm³/mol. The Morgan fingerprint density at radius 3 is 2.52 bits per heavy atom. The van der Waals surface area contributed by atoms with Crippen LogP contribution in [0.2, 0.25) is 0 Å². The summed E-state index contributed by atoms with van der Waals surface area (Å²) in [6.07, 6.45) is 2.73. The molecule has 5 heteroatoms. The molecule has 0 atom stereocenters. The maximum Gasteiger partial charge on any atom is 0.315 e. The second-order valence-electron chi connectivity index (χ2n) is 6.61. The first kappa shape index (κ1) is 17.3. The van der Waals surface area contributed by atoms with E-state index in [1.165, 1.54) is 5.56 Å². The van der Waals surface area contributed by atoms with Gasteiger partial charge in [-0.05, 0) is 42.7 Å². The van der Waals surface area contributed by atoms with E-state index >= 15 is 0 Å². The third-order valence-corrected chi connectivity index (χ3v) is 4.48. The number of carboxylic acids is 1. The number of urea groups is 1. The Hall–Kier alpha value is -2.04. The summed E-state index contributed by atoms with van der Waals surface area (Å²) in [5.74, 6) is -0.513. The second kappa shape index (κ2) is 7.99. The van der Waals surface area contributed by atoms with Gasteiger partial charge in [0.05, 0.1) is 5.92 Å². The quantitative estimate of drug-likeness (QED) is 0.780. The van der Waals surface area contributed by atoms with Crippen molar-refractivity contribution < 1.29 is 14.7 Å². The molecule has 2 rings (SSSR count). The fraction of sp³-hybridized carbons (Fsp3) is 0.556. The second-order valence-corrected chi connectivity index (χ2v) is 6.61. The average molecular weight is 318 g/mol. The van der Waals surface area contributed by atoms with Crippen LogP contribution in [0.4, 0.5) is 4.79 Å². The third-order valence-electron chi connectivity index (χ3n) is 4.48. The van der Waals surface area contributed by atoms with Gasteiger partial charge in [-0.15, -0.1) is 0 Å². The molecule has 0 aromatic heterocycles. The molecule has 1 aromatic rings. The molecule has 1 fully saturated rings. The molecule has 1 aromatic carbocycles. The molecule has 0 aliphatic heterocycles. The molecule has 1 aliphatic carbocycles. The van der Waals surface area contributed by atoms with Crippen molar-refractivity contribution in [2.75, 3.05) is 0 Å². The van der Waals surface area contributed by atoms with E-state index in [1.807, 2.05) is 12.1 Å². The Balaban J connectivity index is 1.75. The van der Waals surface area contributed by atoms with Crippen LogP contribution in [0.1, 0.15) is 56.6 Å². The number of amides is 2. The summed E-state index contributed by atoms with van der Waals surface area (Å²) >= 11 is 0. The van der Waals surface area contributed by atoms with Crippen LogP contribution in [0.25, 0.3) is 0 Å². The number of carbonyl (C=O) groups excluding carboxylic acids is 1. The first-order valence-electron chi connectivity index (χ1n) is 8.31. The summed E-state index contributed by atoms with van der Waals surface area (Å²) in [5, 5.41) is 14.8. The number of nitrogens with one attached hydrogen (secondary N) is 2. The molecular formula is C18H26N2O3. The Morgan fingerprint density at radius 2 is 1.91 bits per heavy atom. The van der Waals surface area contributed by atoms with Crippen LogP contribution in [0.3, 0.4) is 0 Å². The zero-order chi connectivity index (χ0) is 16.8. The van der Waals surface area contributed by atoms with Gasteiger partial charge in [-0.25, -0.2) is 4.79 Å². The average Bonchev–Trinajstić information content (AvgIpc) is 2.53. The molecule has 3 N–H and O–H groups in total. The summed E-state index contributed by atoms with van der Waals surface area (Å²) in [4.78, 5) is 22.9. The summed E-state index contributed by atoms with van der Waals surface area (Å²) in [7, 11) is 0. The summed E-state index contributed by atoms with van der Waals surface area (Å²) in [6.45, 7) is 4.79. The van der Waals surface area contributed by atoms with Gasteiger partial charge in [0.1, 0.15) is 0 Å². The van der Waals surface area contributed by atoms with E-state index in [1.54, 1.807) is 0 Å². The third kappa shape index (κ3) is 5.27. The highest BCUT2D eigenvalue weighted by molar-refractivity contribution is 5.74. The van der Waals surface area contributed by atoms with E-state index in [-0.39, 0.29) is 18.0 Å². The Bertz CT molecular complexity index is 549. The van der Waals surface area contributed by atoms with Crippen molar-refractivity contribution in [2.24, 2.45) is 5.92 Å². The maximum absolute atomic E-state index is 12.0. The molecule has 0 radical (unpaired) electrons. The van der Waals surface area contributed by atoms with Gasteiger partial charge >= 0.3 is 12.0 Å². The van der Waals surface area contributed by atoms with Crippen molar-refractivity contribution >= 4 is 12.0 Å². The summed E-state index contributed by atoms with van der Waals surface area (Å²) in [6, 6.07) is 8.12. The molecule has 0 heterocycles. The zero-order valence-corrected chi connectivity index (χ0v) is 13.8. The smallest absolute Gasteiger partial charge is 0.315 e. The molecule has 2 amide bonds. The number of rotatable bonds is 5. The predicted octanol–water partition coefficient (Wildman–Crippen LogP) is 3.25. The van der Waals surface area contributed by atoms with E-state index in [9.17, 15) is 9.59 Å². The molecule has 1 aliphatic rings.